The van der Waals surface area contributed by atoms with Crippen LogP contribution in [0.3, 0.4) is 0 Å². The van der Waals surface area contributed by atoms with Gasteiger partial charge in [0.2, 0.25) is 15.6 Å². The van der Waals surface area contributed by atoms with Gasteiger partial charge in [0.25, 0.3) is 5.91 Å². The summed E-state index contributed by atoms with van der Waals surface area (Å²) < 4.78 is 50.7. The quantitative estimate of drug-likeness (QED) is 0.687. The second-order valence-electron chi connectivity index (χ2n) is 7.32. The second kappa shape index (κ2) is 8.12. The van der Waals surface area contributed by atoms with E-state index in [1.165, 1.54) is 34.5 Å². The Bertz CT molecular complexity index is 1250. The fourth-order valence-electron chi connectivity index (χ4n) is 3.72. The largest absolute Gasteiger partial charge is 0.338 e. The maximum absolute atomic E-state index is 13.1. The van der Waals surface area contributed by atoms with Crippen molar-refractivity contribution in [3.63, 3.8) is 0 Å². The molecule has 1 aliphatic rings. The van der Waals surface area contributed by atoms with Crippen molar-refractivity contribution in [2.45, 2.75) is 31.2 Å². The van der Waals surface area contributed by atoms with E-state index in [1.54, 1.807) is 13.8 Å². The van der Waals surface area contributed by atoms with Crippen LogP contribution in [0.1, 0.15) is 30.6 Å². The third-order valence-electron chi connectivity index (χ3n) is 5.46. The highest BCUT2D eigenvalue weighted by molar-refractivity contribution is 7.91. The molecular weight excluding hydrogens is 430 g/mol. The van der Waals surface area contributed by atoms with Gasteiger partial charge in [-0.05, 0) is 24.6 Å². The summed E-state index contributed by atoms with van der Waals surface area (Å²) in [5.41, 5.74) is -0.133. The van der Waals surface area contributed by atoms with Gasteiger partial charge in [-0.2, -0.15) is 4.31 Å². The van der Waals surface area contributed by atoms with Crippen LogP contribution < -0.4 is 5.56 Å². The number of aromatic nitrogens is 1. The number of pyridine rings is 1. The lowest BCUT2D eigenvalue weighted by molar-refractivity contribution is 0.0749. The smallest absolute Gasteiger partial charge is 0.254 e. The molecule has 1 amide bonds. The third-order valence-corrected chi connectivity index (χ3v) is 9.26. The minimum atomic E-state index is -3.76. The number of rotatable bonds is 6. The Labute approximate surface area is 175 Å². The van der Waals surface area contributed by atoms with E-state index < -0.39 is 37.4 Å². The van der Waals surface area contributed by atoms with Gasteiger partial charge in [0.1, 0.15) is 0 Å². The fraction of sp³-hybridized carbons (Fsp3) is 0.474. The van der Waals surface area contributed by atoms with Gasteiger partial charge in [0.15, 0.2) is 9.84 Å². The van der Waals surface area contributed by atoms with Crippen molar-refractivity contribution in [2.24, 2.45) is 0 Å². The molecule has 2 aromatic rings. The van der Waals surface area contributed by atoms with Crippen LogP contribution in [0.4, 0.5) is 0 Å². The van der Waals surface area contributed by atoms with Crippen molar-refractivity contribution in [1.29, 1.82) is 0 Å². The van der Waals surface area contributed by atoms with Crippen LogP contribution >= 0.6 is 0 Å². The van der Waals surface area contributed by atoms with Crippen molar-refractivity contribution in [3.05, 3.63) is 40.2 Å². The highest BCUT2D eigenvalue weighted by Gasteiger charge is 2.33. The topological polar surface area (TPSA) is 125 Å². The number of H-pyrrole nitrogens is 1. The van der Waals surface area contributed by atoms with E-state index in [-0.39, 0.29) is 22.0 Å². The Morgan fingerprint density at radius 1 is 1.20 bits per heavy atom. The molecular formula is C19H25N3O6S2. The van der Waals surface area contributed by atoms with Crippen molar-refractivity contribution >= 4 is 36.7 Å². The number of carbonyl (C=O) groups is 1. The van der Waals surface area contributed by atoms with Crippen LogP contribution in [-0.2, 0) is 19.9 Å². The van der Waals surface area contributed by atoms with Gasteiger partial charge in [-0.3, -0.25) is 9.59 Å². The molecule has 1 fully saturated rings. The molecule has 0 bridgehead atoms. The number of aromatic amines is 1. The predicted molar refractivity (Wildman–Crippen MR) is 114 cm³/mol. The van der Waals surface area contributed by atoms with Gasteiger partial charge in [0, 0.05) is 43.1 Å². The van der Waals surface area contributed by atoms with E-state index in [4.69, 9.17) is 0 Å². The molecule has 1 aromatic heterocycles. The number of hydrogen-bond acceptors (Lipinski definition) is 6. The number of nitrogens with zero attached hydrogens (tertiary/aromatic N) is 2. The zero-order valence-electron chi connectivity index (χ0n) is 17.1. The molecule has 1 aliphatic heterocycles. The van der Waals surface area contributed by atoms with E-state index in [0.29, 0.717) is 30.4 Å². The van der Waals surface area contributed by atoms with Crippen molar-refractivity contribution in [1.82, 2.24) is 14.2 Å². The van der Waals surface area contributed by atoms with E-state index in [1.807, 2.05) is 0 Å². The average Bonchev–Trinajstić information content (AvgIpc) is 3.06. The summed E-state index contributed by atoms with van der Waals surface area (Å²) in [7, 11) is -5.46. The lowest BCUT2D eigenvalue weighted by Crippen LogP contribution is -2.38. The van der Waals surface area contributed by atoms with Crippen molar-refractivity contribution in [3.8, 4) is 0 Å². The molecule has 30 heavy (non-hydrogen) atoms. The SMILES string of the molecule is CCN(CC)S(=O)(=O)c1ccc2[nH]c(=O)cc(C(=O)N(C)[C@@H]3CCS(=O)(=O)C3)c2c1. The number of amides is 1. The number of benzene rings is 1. The molecule has 0 radical (unpaired) electrons. The Morgan fingerprint density at radius 2 is 1.87 bits per heavy atom. The fourth-order valence-corrected chi connectivity index (χ4v) is 6.98. The standard InChI is InChI=1S/C19H25N3O6S2/c1-4-22(5-2)30(27,28)14-6-7-17-15(10-14)16(11-18(23)20-17)19(24)21(3)13-8-9-29(25,26)12-13/h6-7,10-11,13H,4-5,8-9,12H2,1-3H3,(H,20,23)/t13-/m1/s1. The van der Waals surface area contributed by atoms with Gasteiger partial charge in [-0.25, -0.2) is 16.8 Å². The minimum absolute atomic E-state index is 0.0116. The third kappa shape index (κ3) is 4.14. The molecule has 2 heterocycles. The van der Waals surface area contributed by atoms with Gasteiger partial charge in [-0.15, -0.1) is 0 Å². The van der Waals surface area contributed by atoms with Crippen LogP contribution in [-0.4, -0.2) is 74.6 Å². The first kappa shape index (κ1) is 22.4. The molecule has 0 unspecified atom stereocenters. The van der Waals surface area contributed by atoms with E-state index >= 15 is 0 Å². The summed E-state index contributed by atoms with van der Waals surface area (Å²) in [6.45, 7) is 4.07. The van der Waals surface area contributed by atoms with E-state index in [9.17, 15) is 26.4 Å². The first-order valence-corrected chi connectivity index (χ1v) is 12.9. The van der Waals surface area contributed by atoms with Gasteiger partial charge in [-0.1, -0.05) is 13.8 Å². The minimum Gasteiger partial charge on any atom is -0.338 e. The van der Waals surface area contributed by atoms with Crippen LogP contribution in [0.2, 0.25) is 0 Å². The number of fused-ring (bicyclic) bond motifs is 1. The molecule has 1 saturated heterocycles. The number of hydrogen-bond donors (Lipinski definition) is 1. The number of carbonyl (C=O) groups excluding carboxylic acids is 1. The average molecular weight is 456 g/mol. The highest BCUT2D eigenvalue weighted by Crippen LogP contribution is 2.25. The zero-order valence-corrected chi connectivity index (χ0v) is 18.7. The van der Waals surface area contributed by atoms with Crippen LogP contribution in [0.5, 0.6) is 0 Å². The summed E-state index contributed by atoms with van der Waals surface area (Å²) >= 11 is 0. The molecule has 0 spiro atoms. The van der Waals surface area contributed by atoms with Gasteiger partial charge >= 0.3 is 0 Å². The van der Waals surface area contributed by atoms with Crippen LogP contribution in [0.15, 0.2) is 34.0 Å². The Hall–Kier alpha value is -2.24. The highest BCUT2D eigenvalue weighted by atomic mass is 32.2. The summed E-state index contributed by atoms with van der Waals surface area (Å²) in [5, 5.41) is 0.292. The monoisotopic (exact) mass is 455 g/mol. The number of sulfonamides is 1. The molecule has 1 atom stereocenters. The molecule has 164 valence electrons. The zero-order chi connectivity index (χ0) is 22.3. The maximum Gasteiger partial charge on any atom is 0.254 e. The van der Waals surface area contributed by atoms with Crippen LogP contribution in [0, 0.1) is 0 Å². The maximum atomic E-state index is 13.1. The molecule has 9 nitrogen and oxygen atoms in total. The molecule has 11 heteroatoms. The molecule has 0 saturated carbocycles. The Morgan fingerprint density at radius 3 is 2.43 bits per heavy atom. The first-order valence-electron chi connectivity index (χ1n) is 9.65. The van der Waals surface area contributed by atoms with Gasteiger partial charge < -0.3 is 9.88 Å². The normalized spacial score (nSPS) is 18.7. The Balaban J connectivity index is 2.10. The molecule has 0 aliphatic carbocycles. The number of sulfone groups is 1. The van der Waals surface area contributed by atoms with Crippen molar-refractivity contribution in [2.75, 3.05) is 31.6 Å². The first-order chi connectivity index (χ1) is 14.0. The lowest BCUT2D eigenvalue weighted by atomic mass is 10.1. The summed E-state index contributed by atoms with van der Waals surface area (Å²) in [6.07, 6.45) is 0.327. The summed E-state index contributed by atoms with van der Waals surface area (Å²) in [5.74, 6) is -0.638. The molecule has 1 aromatic carbocycles. The van der Waals surface area contributed by atoms with Crippen LogP contribution in [0.25, 0.3) is 10.9 Å². The van der Waals surface area contributed by atoms with Gasteiger partial charge in [0.05, 0.1) is 22.0 Å². The second-order valence-corrected chi connectivity index (χ2v) is 11.5. The Kier molecular flexibility index (Phi) is 6.08. The predicted octanol–water partition coefficient (Wildman–Crippen LogP) is 0.818. The van der Waals surface area contributed by atoms with E-state index in [0.717, 1.165) is 6.07 Å². The summed E-state index contributed by atoms with van der Waals surface area (Å²) in [6, 6.07) is 4.88. The lowest BCUT2D eigenvalue weighted by Gasteiger charge is -2.24. The summed E-state index contributed by atoms with van der Waals surface area (Å²) in [4.78, 5) is 29.2. The molecule has 3 rings (SSSR count). The number of nitrogens with one attached hydrogen (secondary N) is 1. The molecule has 1 N–H and O–H groups in total. The van der Waals surface area contributed by atoms with Crippen molar-refractivity contribution < 1.29 is 21.6 Å². The van der Waals surface area contributed by atoms with E-state index in [2.05, 4.69) is 4.98 Å².